The predicted molar refractivity (Wildman–Crippen MR) is 96.8 cm³/mol. The fourth-order valence-electron chi connectivity index (χ4n) is 2.34. The maximum absolute atomic E-state index is 14.5. The van der Waals surface area contributed by atoms with Crippen molar-refractivity contribution in [3.8, 4) is 0 Å². The Balaban J connectivity index is 1.81. The summed E-state index contributed by atoms with van der Waals surface area (Å²) in [6, 6.07) is 7.01. The Morgan fingerprint density at radius 2 is 2.24 bits per heavy atom. The van der Waals surface area contributed by atoms with E-state index in [1.165, 1.54) is 7.11 Å². The zero-order valence-corrected chi connectivity index (χ0v) is 15.8. The van der Waals surface area contributed by atoms with Crippen LogP contribution < -0.4 is 5.32 Å². The largest absolute Gasteiger partial charge is 0.464 e. The molecule has 0 bridgehead atoms. The standard InChI is InChI=1S/C17H16BrClFN3O2/c1-25-17(24)14-13(19)16(23-15(22-14)9-5-6-9)21-8-12(20)10-3-2-4-11(18)7-10/h2-4,7,9,12H,5-6,8H2,1H3,(H,21,22,23). The fraction of sp³-hybridized carbons (Fsp3) is 0.353. The third-order valence-corrected chi connectivity index (χ3v) is 4.70. The lowest BCUT2D eigenvalue weighted by molar-refractivity contribution is 0.0593. The van der Waals surface area contributed by atoms with Crippen LogP contribution in [0.2, 0.25) is 5.02 Å². The minimum atomic E-state index is -1.26. The predicted octanol–water partition coefficient (Wildman–Crippen LogP) is 4.68. The number of carbonyl (C=O) groups is 1. The SMILES string of the molecule is COC(=O)c1nc(C2CC2)nc(NCC(F)c2cccc(Br)c2)c1Cl. The van der Waals surface area contributed by atoms with Gasteiger partial charge in [0.25, 0.3) is 0 Å². The molecule has 1 saturated carbocycles. The van der Waals surface area contributed by atoms with Crippen LogP contribution in [0.5, 0.6) is 0 Å². The first kappa shape index (κ1) is 18.1. The van der Waals surface area contributed by atoms with Gasteiger partial charge >= 0.3 is 5.97 Å². The number of nitrogens with zero attached hydrogens (tertiary/aromatic N) is 2. The van der Waals surface area contributed by atoms with Gasteiger partial charge < -0.3 is 10.1 Å². The molecule has 0 amide bonds. The lowest BCUT2D eigenvalue weighted by atomic mass is 10.1. The minimum absolute atomic E-state index is 0.00132. The maximum atomic E-state index is 14.5. The Bertz CT molecular complexity index is 801. The van der Waals surface area contributed by atoms with Gasteiger partial charge in [0.15, 0.2) is 5.69 Å². The van der Waals surface area contributed by atoms with E-state index in [1.807, 2.05) is 6.07 Å². The van der Waals surface area contributed by atoms with E-state index < -0.39 is 12.1 Å². The van der Waals surface area contributed by atoms with Gasteiger partial charge in [0.1, 0.15) is 22.8 Å². The molecule has 0 radical (unpaired) electrons. The first-order valence-corrected chi connectivity index (χ1v) is 8.96. The lowest BCUT2D eigenvalue weighted by Gasteiger charge is -2.14. The van der Waals surface area contributed by atoms with Crippen LogP contribution in [0.25, 0.3) is 0 Å². The van der Waals surface area contributed by atoms with Gasteiger partial charge in [-0.3, -0.25) is 0 Å². The molecule has 1 aliphatic rings. The molecule has 0 spiro atoms. The monoisotopic (exact) mass is 427 g/mol. The van der Waals surface area contributed by atoms with Crippen molar-refractivity contribution in [2.75, 3.05) is 19.0 Å². The van der Waals surface area contributed by atoms with Crippen LogP contribution >= 0.6 is 27.5 Å². The molecule has 1 aromatic heterocycles. The number of esters is 1. The van der Waals surface area contributed by atoms with Crippen molar-refractivity contribution in [3.05, 3.63) is 50.8 Å². The molecule has 1 aromatic carbocycles. The summed E-state index contributed by atoms with van der Waals surface area (Å²) in [5.74, 6) is 0.357. The Hall–Kier alpha value is -1.73. The average Bonchev–Trinajstić information content (AvgIpc) is 3.45. The number of carbonyl (C=O) groups excluding carboxylic acids is 1. The van der Waals surface area contributed by atoms with Crippen LogP contribution in [-0.2, 0) is 4.74 Å². The Kier molecular flexibility index (Phi) is 5.54. The Labute approximate surface area is 158 Å². The van der Waals surface area contributed by atoms with Crippen LogP contribution in [0.15, 0.2) is 28.7 Å². The van der Waals surface area contributed by atoms with Crippen molar-refractivity contribution in [3.63, 3.8) is 0 Å². The molecule has 132 valence electrons. The summed E-state index contributed by atoms with van der Waals surface area (Å²) in [6.07, 6.45) is 0.672. The average molecular weight is 429 g/mol. The minimum Gasteiger partial charge on any atom is -0.464 e. The number of nitrogens with one attached hydrogen (secondary N) is 1. The molecule has 1 atom stereocenters. The normalized spacial score (nSPS) is 14.9. The van der Waals surface area contributed by atoms with Crippen LogP contribution in [0.4, 0.5) is 10.2 Å². The van der Waals surface area contributed by atoms with E-state index in [2.05, 4.69) is 31.2 Å². The molecule has 8 heteroatoms. The highest BCUT2D eigenvalue weighted by Crippen LogP contribution is 2.39. The van der Waals surface area contributed by atoms with E-state index in [0.717, 1.165) is 17.3 Å². The van der Waals surface area contributed by atoms with Gasteiger partial charge in [0, 0.05) is 10.4 Å². The van der Waals surface area contributed by atoms with Crippen LogP contribution in [0.3, 0.4) is 0 Å². The fourth-order valence-corrected chi connectivity index (χ4v) is 2.99. The number of hydrogen-bond acceptors (Lipinski definition) is 5. The number of alkyl halides is 1. The number of hydrogen-bond donors (Lipinski definition) is 1. The second-order valence-electron chi connectivity index (χ2n) is 5.76. The molecule has 1 heterocycles. The van der Waals surface area contributed by atoms with Gasteiger partial charge in [-0.1, -0.05) is 39.7 Å². The van der Waals surface area contributed by atoms with E-state index >= 15 is 0 Å². The maximum Gasteiger partial charge on any atom is 0.358 e. The Morgan fingerprint density at radius 3 is 2.88 bits per heavy atom. The van der Waals surface area contributed by atoms with Crippen molar-refractivity contribution < 1.29 is 13.9 Å². The molecular formula is C17H16BrClFN3O2. The summed E-state index contributed by atoms with van der Waals surface area (Å²) >= 11 is 9.54. The molecule has 1 aliphatic carbocycles. The van der Waals surface area contributed by atoms with E-state index in [0.29, 0.717) is 11.4 Å². The summed E-state index contributed by atoms with van der Waals surface area (Å²) in [6.45, 7) is -0.0299. The molecular weight excluding hydrogens is 413 g/mol. The molecule has 0 aliphatic heterocycles. The van der Waals surface area contributed by atoms with Crippen molar-refractivity contribution in [1.82, 2.24) is 9.97 Å². The quantitative estimate of drug-likeness (QED) is 0.677. The number of benzene rings is 1. The molecule has 25 heavy (non-hydrogen) atoms. The van der Waals surface area contributed by atoms with Crippen LogP contribution in [-0.4, -0.2) is 29.6 Å². The van der Waals surface area contributed by atoms with Crippen molar-refractivity contribution in [2.45, 2.75) is 24.9 Å². The van der Waals surface area contributed by atoms with Gasteiger partial charge in [-0.2, -0.15) is 0 Å². The summed E-state index contributed by atoms with van der Waals surface area (Å²) in [5.41, 5.74) is 0.532. The topological polar surface area (TPSA) is 64.1 Å². The van der Waals surface area contributed by atoms with Gasteiger partial charge in [0.2, 0.25) is 0 Å². The number of ether oxygens (including phenoxy) is 1. The highest BCUT2D eigenvalue weighted by atomic mass is 79.9. The van der Waals surface area contributed by atoms with Gasteiger partial charge in [-0.05, 0) is 30.5 Å². The molecule has 3 rings (SSSR count). The molecule has 2 aromatic rings. The van der Waals surface area contributed by atoms with Gasteiger partial charge in [-0.25, -0.2) is 19.2 Å². The van der Waals surface area contributed by atoms with Crippen LogP contribution in [0.1, 0.15) is 46.8 Å². The smallest absolute Gasteiger partial charge is 0.358 e. The number of anilines is 1. The second kappa shape index (κ2) is 7.66. The molecule has 0 saturated heterocycles. The summed E-state index contributed by atoms with van der Waals surface area (Å²) in [4.78, 5) is 20.4. The summed E-state index contributed by atoms with van der Waals surface area (Å²) < 4.78 is 20.0. The first-order chi connectivity index (χ1) is 12.0. The van der Waals surface area contributed by atoms with E-state index in [1.54, 1.807) is 18.2 Å². The van der Waals surface area contributed by atoms with Crippen molar-refractivity contribution >= 4 is 39.3 Å². The number of methoxy groups -OCH3 is 1. The second-order valence-corrected chi connectivity index (χ2v) is 7.06. The van der Waals surface area contributed by atoms with Crippen molar-refractivity contribution in [2.24, 2.45) is 0 Å². The summed E-state index contributed by atoms with van der Waals surface area (Å²) in [7, 11) is 1.26. The van der Waals surface area contributed by atoms with E-state index in [9.17, 15) is 9.18 Å². The molecule has 1 N–H and O–H groups in total. The highest BCUT2D eigenvalue weighted by molar-refractivity contribution is 9.10. The van der Waals surface area contributed by atoms with Crippen LogP contribution in [0, 0.1) is 0 Å². The molecule has 5 nitrogen and oxygen atoms in total. The first-order valence-electron chi connectivity index (χ1n) is 7.78. The van der Waals surface area contributed by atoms with Crippen molar-refractivity contribution in [1.29, 1.82) is 0 Å². The highest BCUT2D eigenvalue weighted by Gasteiger charge is 2.30. The van der Waals surface area contributed by atoms with Gasteiger partial charge in [-0.15, -0.1) is 0 Å². The number of halogens is 3. The summed E-state index contributed by atoms with van der Waals surface area (Å²) in [5, 5.41) is 2.93. The molecule has 1 unspecified atom stereocenters. The Morgan fingerprint density at radius 1 is 1.48 bits per heavy atom. The van der Waals surface area contributed by atoms with E-state index in [4.69, 9.17) is 16.3 Å². The zero-order valence-electron chi connectivity index (χ0n) is 13.4. The third kappa shape index (κ3) is 4.27. The third-order valence-electron chi connectivity index (χ3n) is 3.85. The number of rotatable bonds is 6. The van der Waals surface area contributed by atoms with E-state index in [-0.39, 0.29) is 29.0 Å². The zero-order chi connectivity index (χ0) is 18.0. The van der Waals surface area contributed by atoms with Gasteiger partial charge in [0.05, 0.1) is 13.7 Å². The lowest BCUT2D eigenvalue weighted by Crippen LogP contribution is -2.15. The molecule has 1 fully saturated rings. The number of aromatic nitrogens is 2.